The minimum atomic E-state index is -0.857. The summed E-state index contributed by atoms with van der Waals surface area (Å²) in [6.45, 7) is 5.51. The van der Waals surface area contributed by atoms with Crippen LogP contribution in [-0.2, 0) is 9.59 Å². The molecule has 0 aromatic carbocycles. The highest BCUT2D eigenvalue weighted by Gasteiger charge is 2.18. The minimum Gasteiger partial charge on any atom is -0.481 e. The number of carboxylic acids is 1. The van der Waals surface area contributed by atoms with Gasteiger partial charge in [0.15, 0.2) is 0 Å². The number of hydrogen-bond acceptors (Lipinski definition) is 3. The van der Waals surface area contributed by atoms with Crippen LogP contribution in [0.3, 0.4) is 0 Å². The molecule has 5 nitrogen and oxygen atoms in total. The third-order valence-electron chi connectivity index (χ3n) is 2.20. The van der Waals surface area contributed by atoms with Crippen LogP contribution in [0.5, 0.6) is 0 Å². The lowest BCUT2D eigenvalue weighted by Gasteiger charge is -2.19. The molecule has 0 bridgehead atoms. The molecule has 0 aliphatic heterocycles. The molecule has 1 amide bonds. The predicted molar refractivity (Wildman–Crippen MR) is 57.3 cm³/mol. The topological polar surface area (TPSA) is 92.4 Å². The molecular weight excluding hydrogens is 196 g/mol. The van der Waals surface area contributed by atoms with Gasteiger partial charge in [0, 0.05) is 12.5 Å². The molecule has 88 valence electrons. The normalized spacial score (nSPS) is 14.7. The highest BCUT2D eigenvalue weighted by Crippen LogP contribution is 2.01. The van der Waals surface area contributed by atoms with Crippen LogP contribution in [0.25, 0.3) is 0 Å². The van der Waals surface area contributed by atoms with Gasteiger partial charge in [0.25, 0.3) is 0 Å². The van der Waals surface area contributed by atoms with Crippen LogP contribution in [0.4, 0.5) is 0 Å². The number of carbonyl (C=O) groups is 2. The third-order valence-corrected chi connectivity index (χ3v) is 2.20. The van der Waals surface area contributed by atoms with E-state index < -0.39 is 12.0 Å². The Hall–Kier alpha value is -1.10. The summed E-state index contributed by atoms with van der Waals surface area (Å²) in [5.41, 5.74) is 5.64. The zero-order valence-corrected chi connectivity index (χ0v) is 9.49. The van der Waals surface area contributed by atoms with E-state index in [0.29, 0.717) is 6.42 Å². The first-order chi connectivity index (χ1) is 6.84. The van der Waals surface area contributed by atoms with E-state index in [-0.39, 0.29) is 24.3 Å². The molecule has 2 unspecified atom stereocenters. The van der Waals surface area contributed by atoms with Crippen molar-refractivity contribution in [3.05, 3.63) is 0 Å². The number of rotatable bonds is 6. The second-order valence-corrected chi connectivity index (χ2v) is 4.11. The van der Waals surface area contributed by atoms with E-state index in [1.165, 1.54) is 0 Å². The van der Waals surface area contributed by atoms with Crippen LogP contribution in [0.1, 0.15) is 33.6 Å². The fraction of sp³-hybridized carbons (Fsp3) is 0.800. The van der Waals surface area contributed by atoms with Gasteiger partial charge in [0.05, 0.1) is 6.04 Å². The summed E-state index contributed by atoms with van der Waals surface area (Å²) in [5, 5.41) is 11.1. The Kier molecular flexibility index (Phi) is 5.93. The summed E-state index contributed by atoms with van der Waals surface area (Å²) in [7, 11) is 0. The number of nitrogens with two attached hydrogens (primary N) is 1. The summed E-state index contributed by atoms with van der Waals surface area (Å²) in [6.07, 6.45) is 0.476. The smallest absolute Gasteiger partial charge is 0.303 e. The molecule has 0 radical (unpaired) electrons. The van der Waals surface area contributed by atoms with Crippen LogP contribution >= 0.6 is 0 Å². The SMILES string of the molecule is CC(CCC(=O)O)NC(=O)C(N)C(C)C. The predicted octanol–water partition coefficient (Wildman–Crippen LogP) is 0.339. The van der Waals surface area contributed by atoms with E-state index >= 15 is 0 Å². The van der Waals surface area contributed by atoms with Gasteiger partial charge in [-0.2, -0.15) is 0 Å². The van der Waals surface area contributed by atoms with Crippen molar-refractivity contribution in [1.82, 2.24) is 5.32 Å². The Morgan fingerprint density at radius 1 is 1.33 bits per heavy atom. The van der Waals surface area contributed by atoms with Crippen LogP contribution < -0.4 is 11.1 Å². The number of carbonyl (C=O) groups excluding carboxylic acids is 1. The Labute approximate surface area is 90.0 Å². The molecule has 0 aliphatic rings. The molecule has 15 heavy (non-hydrogen) atoms. The largest absolute Gasteiger partial charge is 0.481 e. The lowest BCUT2D eigenvalue weighted by atomic mass is 10.0. The van der Waals surface area contributed by atoms with Gasteiger partial charge in [-0.1, -0.05) is 13.8 Å². The van der Waals surface area contributed by atoms with Crippen molar-refractivity contribution >= 4 is 11.9 Å². The molecule has 0 rings (SSSR count). The zero-order chi connectivity index (χ0) is 12.0. The van der Waals surface area contributed by atoms with Crippen molar-refractivity contribution in [2.24, 2.45) is 11.7 Å². The van der Waals surface area contributed by atoms with Crippen LogP contribution in [0, 0.1) is 5.92 Å². The van der Waals surface area contributed by atoms with Crippen LogP contribution in [0.2, 0.25) is 0 Å². The molecule has 2 atom stereocenters. The van der Waals surface area contributed by atoms with Gasteiger partial charge < -0.3 is 16.2 Å². The number of hydrogen-bond donors (Lipinski definition) is 3. The van der Waals surface area contributed by atoms with E-state index in [9.17, 15) is 9.59 Å². The Morgan fingerprint density at radius 3 is 2.27 bits per heavy atom. The maximum absolute atomic E-state index is 11.5. The minimum absolute atomic E-state index is 0.0539. The first kappa shape index (κ1) is 13.9. The van der Waals surface area contributed by atoms with Gasteiger partial charge >= 0.3 is 5.97 Å². The van der Waals surface area contributed by atoms with E-state index in [1.807, 2.05) is 13.8 Å². The lowest BCUT2D eigenvalue weighted by Crippen LogP contribution is -2.47. The number of aliphatic carboxylic acids is 1. The summed E-state index contributed by atoms with van der Waals surface area (Å²) in [5.74, 6) is -0.996. The average Bonchev–Trinajstić information content (AvgIpc) is 2.13. The van der Waals surface area contributed by atoms with Crippen molar-refractivity contribution in [2.45, 2.75) is 45.7 Å². The Morgan fingerprint density at radius 2 is 1.87 bits per heavy atom. The lowest BCUT2D eigenvalue weighted by molar-refractivity contribution is -0.137. The summed E-state index contributed by atoms with van der Waals surface area (Å²) in [4.78, 5) is 21.8. The second-order valence-electron chi connectivity index (χ2n) is 4.11. The van der Waals surface area contributed by atoms with Gasteiger partial charge in [0.1, 0.15) is 0 Å². The third kappa shape index (κ3) is 6.06. The molecule has 0 saturated heterocycles. The van der Waals surface area contributed by atoms with E-state index in [4.69, 9.17) is 10.8 Å². The standard InChI is InChI=1S/C10H20N2O3/c1-6(2)9(11)10(15)12-7(3)4-5-8(13)14/h6-7,9H,4-5,11H2,1-3H3,(H,12,15)(H,13,14). The highest BCUT2D eigenvalue weighted by atomic mass is 16.4. The Balaban J connectivity index is 3.90. The zero-order valence-electron chi connectivity index (χ0n) is 9.49. The molecular formula is C10H20N2O3. The number of nitrogens with one attached hydrogen (secondary N) is 1. The summed E-state index contributed by atoms with van der Waals surface area (Å²) in [6, 6.07) is -0.685. The molecule has 0 aromatic rings. The first-order valence-corrected chi connectivity index (χ1v) is 5.12. The Bertz CT molecular complexity index is 229. The first-order valence-electron chi connectivity index (χ1n) is 5.12. The van der Waals surface area contributed by atoms with Crippen molar-refractivity contribution in [1.29, 1.82) is 0 Å². The fourth-order valence-electron chi connectivity index (χ4n) is 1.05. The van der Waals surface area contributed by atoms with E-state index in [0.717, 1.165) is 0 Å². The maximum atomic E-state index is 11.5. The van der Waals surface area contributed by atoms with Crippen molar-refractivity contribution in [3.63, 3.8) is 0 Å². The fourth-order valence-corrected chi connectivity index (χ4v) is 1.05. The van der Waals surface area contributed by atoms with Gasteiger partial charge in [-0.25, -0.2) is 0 Å². The molecule has 0 fully saturated rings. The van der Waals surface area contributed by atoms with Crippen molar-refractivity contribution in [2.75, 3.05) is 0 Å². The van der Waals surface area contributed by atoms with Crippen LogP contribution in [0.15, 0.2) is 0 Å². The van der Waals surface area contributed by atoms with Gasteiger partial charge in [-0.15, -0.1) is 0 Å². The summed E-state index contributed by atoms with van der Waals surface area (Å²) >= 11 is 0. The molecule has 0 spiro atoms. The molecule has 0 aliphatic carbocycles. The molecule has 5 heteroatoms. The molecule has 0 heterocycles. The van der Waals surface area contributed by atoms with Crippen molar-refractivity contribution in [3.8, 4) is 0 Å². The van der Waals surface area contributed by atoms with E-state index in [1.54, 1.807) is 6.92 Å². The maximum Gasteiger partial charge on any atom is 0.303 e. The summed E-state index contributed by atoms with van der Waals surface area (Å²) < 4.78 is 0. The van der Waals surface area contributed by atoms with Gasteiger partial charge in [0.2, 0.25) is 5.91 Å². The van der Waals surface area contributed by atoms with Gasteiger partial charge in [-0.3, -0.25) is 9.59 Å². The van der Waals surface area contributed by atoms with Crippen molar-refractivity contribution < 1.29 is 14.7 Å². The quantitative estimate of drug-likeness (QED) is 0.597. The monoisotopic (exact) mass is 216 g/mol. The highest BCUT2D eigenvalue weighted by molar-refractivity contribution is 5.82. The van der Waals surface area contributed by atoms with E-state index in [2.05, 4.69) is 5.32 Å². The number of amides is 1. The van der Waals surface area contributed by atoms with Crippen LogP contribution in [-0.4, -0.2) is 29.1 Å². The number of carboxylic acid groups (broad SMARTS) is 1. The average molecular weight is 216 g/mol. The van der Waals surface area contributed by atoms with Gasteiger partial charge in [-0.05, 0) is 19.3 Å². The second kappa shape index (κ2) is 6.40. The molecule has 0 saturated carbocycles. The molecule has 0 aromatic heterocycles. The molecule has 4 N–H and O–H groups in total.